The van der Waals surface area contributed by atoms with Crippen LogP contribution in [0.1, 0.15) is 31.2 Å². The number of nitrogens with one attached hydrogen (secondary N) is 1. The lowest BCUT2D eigenvalue weighted by molar-refractivity contribution is -0.137. The number of hydrogen-bond acceptors (Lipinski definition) is 6. The number of ether oxygens (including phenoxy) is 1. The van der Waals surface area contributed by atoms with Crippen molar-refractivity contribution in [3.8, 4) is 0 Å². The van der Waals surface area contributed by atoms with Crippen LogP contribution in [-0.2, 0) is 15.7 Å². The highest BCUT2D eigenvalue weighted by Crippen LogP contribution is 2.33. The molecule has 0 aliphatic carbocycles. The number of aromatic nitrogens is 1. The summed E-state index contributed by atoms with van der Waals surface area (Å²) in [5.41, 5.74) is -0.530. The lowest BCUT2D eigenvalue weighted by Crippen LogP contribution is -2.38. The number of alkyl halides is 3. The minimum atomic E-state index is -4.45. The van der Waals surface area contributed by atoms with Crippen LogP contribution >= 0.6 is 0 Å². The van der Waals surface area contributed by atoms with E-state index in [-0.39, 0.29) is 29.1 Å². The van der Waals surface area contributed by atoms with Crippen molar-refractivity contribution in [2.24, 2.45) is 5.92 Å². The standard InChI is InChI=1S/C20H24F3N3O3/c21-20(22,23)14-1-2-18-17(10-14)19(25-29-18)24-11-16(27)9-13-3-6-26(12-13)15-4-7-28-8-5-15/h1-2,10,13,15H,3-9,11-12H2,(H,24,25)/t13-/m0/s1. The minimum absolute atomic E-state index is 0.0195. The van der Waals surface area contributed by atoms with Gasteiger partial charge in [0.15, 0.2) is 17.2 Å². The minimum Gasteiger partial charge on any atom is -0.381 e. The van der Waals surface area contributed by atoms with Crippen LogP contribution in [-0.4, -0.2) is 54.7 Å². The Morgan fingerprint density at radius 2 is 2.03 bits per heavy atom. The van der Waals surface area contributed by atoms with Gasteiger partial charge in [0.25, 0.3) is 0 Å². The van der Waals surface area contributed by atoms with E-state index in [0.29, 0.717) is 18.4 Å². The molecule has 0 radical (unpaired) electrons. The number of Topliss-reactive ketones (excluding diaryl/α,β-unsaturated/α-hetero) is 1. The summed E-state index contributed by atoms with van der Waals surface area (Å²) in [7, 11) is 0. The van der Waals surface area contributed by atoms with E-state index >= 15 is 0 Å². The molecule has 2 aliphatic heterocycles. The van der Waals surface area contributed by atoms with Crippen LogP contribution in [0.15, 0.2) is 22.7 Å². The Labute approximate surface area is 166 Å². The Hall–Kier alpha value is -2.13. The molecule has 2 fully saturated rings. The molecular weight excluding hydrogens is 387 g/mol. The first kappa shape index (κ1) is 20.2. The summed E-state index contributed by atoms with van der Waals surface area (Å²) in [5, 5.41) is 6.83. The highest BCUT2D eigenvalue weighted by Gasteiger charge is 2.32. The zero-order valence-corrected chi connectivity index (χ0v) is 16.0. The van der Waals surface area contributed by atoms with Gasteiger partial charge in [0.1, 0.15) is 0 Å². The molecule has 158 valence electrons. The fraction of sp³-hybridized carbons (Fsp3) is 0.600. The second-order valence-electron chi connectivity index (χ2n) is 7.83. The summed E-state index contributed by atoms with van der Waals surface area (Å²) >= 11 is 0. The molecule has 0 unspecified atom stereocenters. The number of carbonyl (C=O) groups excluding carboxylic acids is 1. The lowest BCUT2D eigenvalue weighted by Gasteiger charge is -2.31. The summed E-state index contributed by atoms with van der Waals surface area (Å²) in [6.07, 6.45) is -0.915. The number of carbonyl (C=O) groups is 1. The molecule has 0 saturated carbocycles. The Bertz CT molecular complexity index is 862. The number of nitrogens with zero attached hydrogens (tertiary/aromatic N) is 2. The molecule has 0 bridgehead atoms. The molecule has 2 aromatic rings. The average molecular weight is 411 g/mol. The maximum atomic E-state index is 12.9. The summed E-state index contributed by atoms with van der Waals surface area (Å²) in [5.74, 6) is 0.500. The Morgan fingerprint density at radius 3 is 2.79 bits per heavy atom. The molecule has 1 N–H and O–H groups in total. The van der Waals surface area contributed by atoms with Crippen LogP contribution in [0.2, 0.25) is 0 Å². The molecule has 0 spiro atoms. The van der Waals surface area contributed by atoms with Gasteiger partial charge >= 0.3 is 6.18 Å². The molecule has 1 aromatic heterocycles. The quantitative estimate of drug-likeness (QED) is 0.782. The van der Waals surface area contributed by atoms with Crippen molar-refractivity contribution >= 4 is 22.6 Å². The molecule has 1 atom stereocenters. The predicted molar refractivity (Wildman–Crippen MR) is 101 cm³/mol. The van der Waals surface area contributed by atoms with E-state index in [9.17, 15) is 18.0 Å². The van der Waals surface area contributed by atoms with Gasteiger partial charge in [0.2, 0.25) is 0 Å². The van der Waals surface area contributed by atoms with Gasteiger partial charge in [-0.25, -0.2) is 0 Å². The van der Waals surface area contributed by atoms with Crippen LogP contribution in [0, 0.1) is 5.92 Å². The first-order valence-electron chi connectivity index (χ1n) is 9.94. The Balaban J connectivity index is 1.31. The number of fused-ring (bicyclic) bond motifs is 1. The lowest BCUT2D eigenvalue weighted by atomic mass is 10.0. The zero-order valence-electron chi connectivity index (χ0n) is 16.0. The Kier molecular flexibility index (Phi) is 5.78. The van der Waals surface area contributed by atoms with Crippen molar-refractivity contribution in [1.29, 1.82) is 0 Å². The second-order valence-corrected chi connectivity index (χ2v) is 7.83. The van der Waals surface area contributed by atoms with Gasteiger partial charge in [-0.3, -0.25) is 9.69 Å². The second kappa shape index (κ2) is 8.31. The van der Waals surface area contributed by atoms with Gasteiger partial charge in [0.05, 0.1) is 17.5 Å². The van der Waals surface area contributed by atoms with E-state index in [2.05, 4.69) is 15.4 Å². The van der Waals surface area contributed by atoms with Crippen LogP contribution in [0.25, 0.3) is 11.0 Å². The van der Waals surface area contributed by atoms with E-state index in [0.717, 1.165) is 57.7 Å². The highest BCUT2D eigenvalue weighted by molar-refractivity contribution is 5.91. The van der Waals surface area contributed by atoms with E-state index < -0.39 is 11.7 Å². The summed E-state index contributed by atoms with van der Waals surface area (Å²) < 4.78 is 49.2. The first-order valence-corrected chi connectivity index (χ1v) is 9.94. The van der Waals surface area contributed by atoms with Gasteiger partial charge in [-0.15, -0.1) is 0 Å². The first-order chi connectivity index (χ1) is 13.9. The SMILES string of the molecule is O=C(CNc1noc2ccc(C(F)(F)F)cc12)C[C@@H]1CCN(C2CCOCC2)C1. The van der Waals surface area contributed by atoms with Crippen LogP contribution in [0.4, 0.5) is 19.0 Å². The van der Waals surface area contributed by atoms with Gasteiger partial charge < -0.3 is 14.6 Å². The zero-order chi connectivity index (χ0) is 20.4. The largest absolute Gasteiger partial charge is 0.416 e. The van der Waals surface area contributed by atoms with Gasteiger partial charge in [-0.2, -0.15) is 13.2 Å². The van der Waals surface area contributed by atoms with Gasteiger partial charge in [-0.05, 0) is 49.9 Å². The van der Waals surface area contributed by atoms with E-state index in [4.69, 9.17) is 9.26 Å². The number of halogens is 3. The van der Waals surface area contributed by atoms with Crippen LogP contribution < -0.4 is 5.32 Å². The van der Waals surface area contributed by atoms with Crippen molar-refractivity contribution in [3.63, 3.8) is 0 Å². The fourth-order valence-corrected chi connectivity index (χ4v) is 4.23. The monoisotopic (exact) mass is 411 g/mol. The molecule has 1 aromatic carbocycles. The third-order valence-electron chi connectivity index (χ3n) is 5.79. The van der Waals surface area contributed by atoms with Gasteiger partial charge in [0, 0.05) is 32.2 Å². The number of rotatable bonds is 6. The van der Waals surface area contributed by atoms with Crippen molar-refractivity contribution in [1.82, 2.24) is 10.1 Å². The predicted octanol–water partition coefficient (Wildman–Crippen LogP) is 3.72. The summed E-state index contributed by atoms with van der Waals surface area (Å²) in [6.45, 7) is 3.54. The third kappa shape index (κ3) is 4.72. The molecule has 2 saturated heterocycles. The van der Waals surface area contributed by atoms with E-state index in [1.807, 2.05) is 0 Å². The van der Waals surface area contributed by atoms with Crippen molar-refractivity contribution < 1.29 is 27.2 Å². The number of ketones is 1. The number of likely N-dealkylation sites (tertiary alicyclic amines) is 1. The van der Waals surface area contributed by atoms with E-state index in [1.165, 1.54) is 6.07 Å². The smallest absolute Gasteiger partial charge is 0.381 e. The highest BCUT2D eigenvalue weighted by atomic mass is 19.4. The number of anilines is 1. The van der Waals surface area contributed by atoms with E-state index in [1.54, 1.807) is 0 Å². The normalized spacial score (nSPS) is 21.7. The topological polar surface area (TPSA) is 67.6 Å². The fourth-order valence-electron chi connectivity index (χ4n) is 4.23. The van der Waals surface area contributed by atoms with Gasteiger partial charge in [-0.1, -0.05) is 5.16 Å². The maximum absolute atomic E-state index is 12.9. The Morgan fingerprint density at radius 1 is 1.24 bits per heavy atom. The van der Waals surface area contributed by atoms with Crippen LogP contribution in [0.3, 0.4) is 0 Å². The molecule has 3 heterocycles. The number of benzene rings is 1. The van der Waals surface area contributed by atoms with Crippen molar-refractivity contribution in [2.45, 2.75) is 37.9 Å². The number of hydrogen-bond donors (Lipinski definition) is 1. The van der Waals surface area contributed by atoms with Crippen LogP contribution in [0.5, 0.6) is 0 Å². The molecule has 0 amide bonds. The summed E-state index contributed by atoms with van der Waals surface area (Å²) in [6, 6.07) is 3.72. The molecule has 29 heavy (non-hydrogen) atoms. The molecule has 2 aliphatic rings. The third-order valence-corrected chi connectivity index (χ3v) is 5.79. The average Bonchev–Trinajstić information content (AvgIpc) is 3.33. The summed E-state index contributed by atoms with van der Waals surface area (Å²) in [4.78, 5) is 14.9. The molecular formula is C20H24F3N3O3. The molecule has 6 nitrogen and oxygen atoms in total. The van der Waals surface area contributed by atoms with Crippen molar-refractivity contribution in [3.05, 3.63) is 23.8 Å². The maximum Gasteiger partial charge on any atom is 0.416 e. The molecule has 9 heteroatoms. The molecule has 4 rings (SSSR count). The van der Waals surface area contributed by atoms with Crippen molar-refractivity contribution in [2.75, 3.05) is 38.2 Å².